The summed E-state index contributed by atoms with van der Waals surface area (Å²) < 4.78 is 11.8. The second-order valence-electron chi connectivity index (χ2n) is 6.24. The fraction of sp³-hybridized carbons (Fsp3) is 0.100. The normalized spacial score (nSPS) is 11.3. The Morgan fingerprint density at radius 3 is 2.89 bits per heavy atom. The first-order valence-corrected chi connectivity index (χ1v) is 9.44. The van der Waals surface area contributed by atoms with Gasteiger partial charge in [0.2, 0.25) is 0 Å². The zero-order valence-corrected chi connectivity index (χ0v) is 15.6. The Balaban J connectivity index is 1.48. The van der Waals surface area contributed by atoms with Gasteiger partial charge in [-0.05, 0) is 37.3 Å². The molecular weight excluding hydrogens is 376 g/mol. The van der Waals surface area contributed by atoms with Gasteiger partial charge in [0.1, 0.15) is 10.7 Å². The molecule has 0 aliphatic heterocycles. The van der Waals surface area contributed by atoms with E-state index in [1.54, 1.807) is 42.7 Å². The van der Waals surface area contributed by atoms with Crippen LogP contribution in [0.15, 0.2) is 57.7 Å². The lowest BCUT2D eigenvalue weighted by Gasteiger charge is -2.06. The standard InChI is InChI=1S/C20H14N4O3S/c1-11-18-12(9-14(15-6-4-8-26-15)23-20(18)27-24-11)19(25)21-10-17-22-13-5-2-3-7-16(13)28-17/h2-9H,10H2,1H3,(H,21,25). The molecule has 0 atom stereocenters. The van der Waals surface area contributed by atoms with E-state index >= 15 is 0 Å². The molecule has 1 amide bonds. The zero-order valence-electron chi connectivity index (χ0n) is 14.8. The highest BCUT2D eigenvalue weighted by Gasteiger charge is 2.20. The number of nitrogens with one attached hydrogen (secondary N) is 1. The number of hydrogen-bond donors (Lipinski definition) is 1. The quantitative estimate of drug-likeness (QED) is 0.491. The Morgan fingerprint density at radius 2 is 2.07 bits per heavy atom. The topological polar surface area (TPSA) is 94.0 Å². The minimum atomic E-state index is -0.245. The number of carbonyl (C=O) groups is 1. The smallest absolute Gasteiger partial charge is 0.259 e. The van der Waals surface area contributed by atoms with Crippen molar-refractivity contribution in [1.82, 2.24) is 20.4 Å². The van der Waals surface area contributed by atoms with Crippen molar-refractivity contribution in [3.05, 3.63) is 65.0 Å². The van der Waals surface area contributed by atoms with Crippen LogP contribution in [-0.4, -0.2) is 21.0 Å². The van der Waals surface area contributed by atoms with E-state index in [1.165, 1.54) is 0 Å². The summed E-state index contributed by atoms with van der Waals surface area (Å²) in [7, 11) is 0. The number of benzene rings is 1. The number of rotatable bonds is 4. The van der Waals surface area contributed by atoms with Crippen LogP contribution in [0.2, 0.25) is 0 Å². The summed E-state index contributed by atoms with van der Waals surface area (Å²) in [5.74, 6) is 0.307. The monoisotopic (exact) mass is 390 g/mol. The van der Waals surface area contributed by atoms with Gasteiger partial charge in [0.15, 0.2) is 5.76 Å². The maximum Gasteiger partial charge on any atom is 0.259 e. The third-order valence-electron chi connectivity index (χ3n) is 4.37. The van der Waals surface area contributed by atoms with Gasteiger partial charge in [-0.15, -0.1) is 11.3 Å². The molecule has 0 unspecified atom stereocenters. The molecule has 0 fully saturated rings. The highest BCUT2D eigenvalue weighted by molar-refractivity contribution is 7.18. The number of aryl methyl sites for hydroxylation is 1. The Kier molecular flexibility index (Phi) is 3.91. The molecule has 4 aromatic heterocycles. The Bertz CT molecular complexity index is 1270. The van der Waals surface area contributed by atoms with E-state index in [-0.39, 0.29) is 5.91 Å². The molecule has 7 nitrogen and oxygen atoms in total. The number of fused-ring (bicyclic) bond motifs is 2. The van der Waals surface area contributed by atoms with Gasteiger partial charge in [0.05, 0.1) is 39.7 Å². The summed E-state index contributed by atoms with van der Waals surface area (Å²) in [4.78, 5) is 21.9. The number of thiazole rings is 1. The van der Waals surface area contributed by atoms with Gasteiger partial charge in [-0.3, -0.25) is 4.79 Å². The van der Waals surface area contributed by atoms with Gasteiger partial charge in [-0.1, -0.05) is 17.3 Å². The van der Waals surface area contributed by atoms with Crippen molar-refractivity contribution < 1.29 is 13.7 Å². The van der Waals surface area contributed by atoms with Crippen molar-refractivity contribution in [2.24, 2.45) is 0 Å². The Morgan fingerprint density at radius 1 is 1.18 bits per heavy atom. The molecule has 1 N–H and O–H groups in total. The maximum absolute atomic E-state index is 13.0. The predicted octanol–water partition coefficient (Wildman–Crippen LogP) is 4.33. The van der Waals surface area contributed by atoms with Crippen LogP contribution < -0.4 is 5.32 Å². The number of nitrogens with zero attached hydrogens (tertiary/aromatic N) is 3. The molecule has 0 spiro atoms. The van der Waals surface area contributed by atoms with E-state index in [4.69, 9.17) is 8.94 Å². The number of pyridine rings is 1. The lowest BCUT2D eigenvalue weighted by atomic mass is 10.1. The lowest BCUT2D eigenvalue weighted by molar-refractivity contribution is 0.0952. The van der Waals surface area contributed by atoms with Crippen LogP contribution in [0, 0.1) is 6.92 Å². The van der Waals surface area contributed by atoms with E-state index in [9.17, 15) is 4.79 Å². The van der Waals surface area contributed by atoms with E-state index in [2.05, 4.69) is 20.4 Å². The van der Waals surface area contributed by atoms with E-state index in [0.717, 1.165) is 15.2 Å². The molecule has 0 radical (unpaired) electrons. The molecule has 8 heteroatoms. The van der Waals surface area contributed by atoms with Crippen LogP contribution in [0.25, 0.3) is 32.8 Å². The zero-order chi connectivity index (χ0) is 19.1. The summed E-state index contributed by atoms with van der Waals surface area (Å²) in [5.41, 5.74) is 2.79. The lowest BCUT2D eigenvalue weighted by Crippen LogP contribution is -2.23. The third-order valence-corrected chi connectivity index (χ3v) is 5.41. The molecular formula is C20H14N4O3S. The molecule has 1 aromatic carbocycles. The summed E-state index contributed by atoms with van der Waals surface area (Å²) in [5, 5.41) is 8.32. The molecule has 138 valence electrons. The first-order valence-electron chi connectivity index (χ1n) is 8.62. The number of aromatic nitrogens is 3. The van der Waals surface area contributed by atoms with Crippen molar-refractivity contribution in [1.29, 1.82) is 0 Å². The summed E-state index contributed by atoms with van der Waals surface area (Å²) in [6.07, 6.45) is 1.56. The summed E-state index contributed by atoms with van der Waals surface area (Å²) in [6, 6.07) is 13.1. The molecule has 0 saturated heterocycles. The number of carbonyl (C=O) groups excluding carboxylic acids is 1. The number of para-hydroxylation sites is 1. The fourth-order valence-corrected chi connectivity index (χ4v) is 3.98. The second-order valence-corrected chi connectivity index (χ2v) is 7.35. The van der Waals surface area contributed by atoms with Gasteiger partial charge in [-0.2, -0.15) is 0 Å². The molecule has 0 aliphatic rings. The van der Waals surface area contributed by atoms with Crippen LogP contribution in [0.5, 0.6) is 0 Å². The van der Waals surface area contributed by atoms with Gasteiger partial charge in [0.25, 0.3) is 11.6 Å². The number of hydrogen-bond acceptors (Lipinski definition) is 7. The average Bonchev–Trinajstić information content (AvgIpc) is 3.45. The van der Waals surface area contributed by atoms with Crippen LogP contribution in [0.1, 0.15) is 21.1 Å². The first kappa shape index (κ1) is 16.6. The largest absolute Gasteiger partial charge is 0.463 e. The van der Waals surface area contributed by atoms with Crippen LogP contribution >= 0.6 is 11.3 Å². The molecule has 0 bridgehead atoms. The van der Waals surface area contributed by atoms with Gasteiger partial charge >= 0.3 is 0 Å². The fourth-order valence-electron chi connectivity index (χ4n) is 3.07. The van der Waals surface area contributed by atoms with Crippen LogP contribution in [0.4, 0.5) is 0 Å². The predicted molar refractivity (Wildman–Crippen MR) is 105 cm³/mol. The molecule has 28 heavy (non-hydrogen) atoms. The third kappa shape index (κ3) is 2.84. The molecule has 5 rings (SSSR count). The minimum absolute atomic E-state index is 0.245. The van der Waals surface area contributed by atoms with Gasteiger partial charge in [0, 0.05) is 0 Å². The van der Waals surface area contributed by atoms with Crippen LogP contribution in [-0.2, 0) is 6.54 Å². The van der Waals surface area contributed by atoms with Crippen LogP contribution in [0.3, 0.4) is 0 Å². The van der Waals surface area contributed by atoms with E-state index in [1.807, 2.05) is 24.3 Å². The van der Waals surface area contributed by atoms with Crippen molar-refractivity contribution in [2.45, 2.75) is 13.5 Å². The Hall–Kier alpha value is -3.52. The number of furan rings is 1. The summed E-state index contributed by atoms with van der Waals surface area (Å²) >= 11 is 1.56. The van der Waals surface area contributed by atoms with Crippen molar-refractivity contribution >= 4 is 38.6 Å². The Labute approximate surface area is 163 Å². The van der Waals surface area contributed by atoms with Gasteiger partial charge < -0.3 is 14.3 Å². The van der Waals surface area contributed by atoms with E-state index in [0.29, 0.717) is 40.4 Å². The van der Waals surface area contributed by atoms with E-state index < -0.39 is 0 Å². The highest BCUT2D eigenvalue weighted by atomic mass is 32.1. The SMILES string of the molecule is Cc1noc2nc(-c3ccco3)cc(C(=O)NCc3nc4ccccc4s3)c12. The molecule has 0 saturated carbocycles. The number of amides is 1. The second kappa shape index (κ2) is 6.58. The van der Waals surface area contributed by atoms with Crippen molar-refractivity contribution in [2.75, 3.05) is 0 Å². The highest BCUT2D eigenvalue weighted by Crippen LogP contribution is 2.27. The molecule has 5 aromatic rings. The molecule has 0 aliphatic carbocycles. The average molecular weight is 390 g/mol. The minimum Gasteiger partial charge on any atom is -0.463 e. The summed E-state index contributed by atoms with van der Waals surface area (Å²) in [6.45, 7) is 2.12. The molecule has 4 heterocycles. The van der Waals surface area contributed by atoms with Crippen molar-refractivity contribution in [3.8, 4) is 11.5 Å². The van der Waals surface area contributed by atoms with Crippen molar-refractivity contribution in [3.63, 3.8) is 0 Å². The maximum atomic E-state index is 13.0. The van der Waals surface area contributed by atoms with Gasteiger partial charge in [-0.25, -0.2) is 9.97 Å². The first-order chi connectivity index (χ1) is 13.7.